The van der Waals surface area contributed by atoms with Crippen LogP contribution in [0.3, 0.4) is 0 Å². The minimum absolute atomic E-state index is 0.383. The van der Waals surface area contributed by atoms with Gasteiger partial charge in [-0.15, -0.1) is 0 Å². The standard InChI is InChI=1S/C16H20ClN/c1-9(12-4-2-3-5-13(12)17)18-16-14-10-6-7-11(8-10)15(14)16/h2-5,9-11,14-16,18H,6-8H2,1H3. The Morgan fingerprint density at radius 2 is 1.83 bits per heavy atom. The first-order valence-corrected chi connectivity index (χ1v) is 7.64. The maximum Gasteiger partial charge on any atom is 0.0453 e. The third-order valence-electron chi connectivity index (χ3n) is 5.55. The van der Waals surface area contributed by atoms with Crippen molar-refractivity contribution in [3.8, 4) is 0 Å². The summed E-state index contributed by atoms with van der Waals surface area (Å²) >= 11 is 6.27. The molecule has 0 saturated heterocycles. The molecule has 5 unspecified atom stereocenters. The second-order valence-electron chi connectivity index (χ2n) is 6.42. The van der Waals surface area contributed by atoms with Gasteiger partial charge in [-0.2, -0.15) is 0 Å². The van der Waals surface area contributed by atoms with Crippen LogP contribution in [0, 0.1) is 23.7 Å². The third-order valence-corrected chi connectivity index (χ3v) is 5.89. The van der Waals surface area contributed by atoms with E-state index in [4.69, 9.17) is 11.6 Å². The minimum atomic E-state index is 0.383. The van der Waals surface area contributed by atoms with Crippen molar-refractivity contribution in [2.75, 3.05) is 0 Å². The summed E-state index contributed by atoms with van der Waals surface area (Å²) in [4.78, 5) is 0. The molecule has 3 aliphatic carbocycles. The summed E-state index contributed by atoms with van der Waals surface area (Å²) in [6.45, 7) is 2.25. The number of halogens is 1. The van der Waals surface area contributed by atoms with Gasteiger partial charge in [0.2, 0.25) is 0 Å². The van der Waals surface area contributed by atoms with Crippen molar-refractivity contribution in [1.29, 1.82) is 0 Å². The van der Waals surface area contributed by atoms with Gasteiger partial charge < -0.3 is 5.32 Å². The monoisotopic (exact) mass is 261 g/mol. The predicted molar refractivity (Wildman–Crippen MR) is 74.6 cm³/mol. The Morgan fingerprint density at radius 3 is 2.50 bits per heavy atom. The normalized spacial score (nSPS) is 41.8. The Balaban J connectivity index is 1.46. The number of benzene rings is 1. The highest BCUT2D eigenvalue weighted by Crippen LogP contribution is 2.65. The summed E-state index contributed by atoms with van der Waals surface area (Å²) in [5, 5.41) is 4.72. The van der Waals surface area contributed by atoms with E-state index >= 15 is 0 Å². The van der Waals surface area contributed by atoms with Crippen molar-refractivity contribution < 1.29 is 0 Å². The van der Waals surface area contributed by atoms with Gasteiger partial charge in [0.25, 0.3) is 0 Å². The molecular weight excluding hydrogens is 242 g/mol. The van der Waals surface area contributed by atoms with Crippen LogP contribution in [0.4, 0.5) is 0 Å². The Morgan fingerprint density at radius 1 is 1.17 bits per heavy atom. The van der Waals surface area contributed by atoms with E-state index in [1.165, 1.54) is 24.8 Å². The highest BCUT2D eigenvalue weighted by molar-refractivity contribution is 6.31. The zero-order valence-corrected chi connectivity index (χ0v) is 11.5. The zero-order valence-electron chi connectivity index (χ0n) is 10.8. The van der Waals surface area contributed by atoms with Crippen LogP contribution in [-0.4, -0.2) is 6.04 Å². The summed E-state index contributed by atoms with van der Waals surface area (Å²) < 4.78 is 0. The van der Waals surface area contributed by atoms with E-state index < -0.39 is 0 Å². The Hall–Kier alpha value is -0.530. The molecule has 5 atom stereocenters. The summed E-state index contributed by atoms with van der Waals surface area (Å²) in [6.07, 6.45) is 4.50. The molecular formula is C16H20ClN. The molecule has 0 aliphatic heterocycles. The first-order valence-electron chi connectivity index (χ1n) is 7.26. The van der Waals surface area contributed by atoms with Crippen molar-refractivity contribution in [3.63, 3.8) is 0 Å². The maximum atomic E-state index is 6.27. The fourth-order valence-electron chi connectivity index (χ4n) is 4.75. The van der Waals surface area contributed by atoms with E-state index in [1.54, 1.807) is 0 Å². The van der Waals surface area contributed by atoms with Gasteiger partial charge in [-0.1, -0.05) is 29.8 Å². The highest BCUT2D eigenvalue weighted by atomic mass is 35.5. The van der Waals surface area contributed by atoms with Crippen molar-refractivity contribution in [1.82, 2.24) is 5.32 Å². The largest absolute Gasteiger partial charge is 0.307 e. The minimum Gasteiger partial charge on any atom is -0.307 e. The molecule has 1 N–H and O–H groups in total. The molecule has 2 heteroatoms. The van der Waals surface area contributed by atoms with Crippen LogP contribution >= 0.6 is 11.6 Å². The molecule has 3 aliphatic rings. The lowest BCUT2D eigenvalue weighted by Gasteiger charge is -2.18. The molecule has 0 heterocycles. The molecule has 1 aromatic rings. The van der Waals surface area contributed by atoms with Gasteiger partial charge in [0.05, 0.1) is 0 Å². The molecule has 0 spiro atoms. The van der Waals surface area contributed by atoms with Crippen LogP contribution in [0.25, 0.3) is 0 Å². The molecule has 4 rings (SSSR count). The number of hydrogen-bond acceptors (Lipinski definition) is 1. The molecule has 2 bridgehead atoms. The zero-order chi connectivity index (χ0) is 12.3. The topological polar surface area (TPSA) is 12.0 Å². The maximum absolute atomic E-state index is 6.27. The van der Waals surface area contributed by atoms with E-state index in [0.717, 1.165) is 34.7 Å². The molecule has 96 valence electrons. The van der Waals surface area contributed by atoms with Gasteiger partial charge in [-0.25, -0.2) is 0 Å². The molecule has 1 nitrogen and oxygen atoms in total. The van der Waals surface area contributed by atoms with Crippen molar-refractivity contribution in [2.45, 2.75) is 38.3 Å². The van der Waals surface area contributed by atoms with Gasteiger partial charge in [0.15, 0.2) is 0 Å². The van der Waals surface area contributed by atoms with Crippen LogP contribution in [0.1, 0.15) is 37.8 Å². The summed E-state index contributed by atoms with van der Waals surface area (Å²) in [5.41, 5.74) is 1.25. The molecule has 0 amide bonds. The van der Waals surface area contributed by atoms with Crippen molar-refractivity contribution in [2.24, 2.45) is 23.7 Å². The first-order chi connectivity index (χ1) is 8.75. The van der Waals surface area contributed by atoms with Gasteiger partial charge in [-0.3, -0.25) is 0 Å². The van der Waals surface area contributed by atoms with Crippen molar-refractivity contribution in [3.05, 3.63) is 34.9 Å². The van der Waals surface area contributed by atoms with Crippen LogP contribution < -0.4 is 5.32 Å². The third kappa shape index (κ3) is 1.57. The van der Waals surface area contributed by atoms with Gasteiger partial charge in [0, 0.05) is 17.1 Å². The molecule has 1 aromatic carbocycles. The van der Waals surface area contributed by atoms with E-state index in [0.29, 0.717) is 6.04 Å². The lowest BCUT2D eigenvalue weighted by atomic mass is 10.0. The molecule has 18 heavy (non-hydrogen) atoms. The Bertz CT molecular complexity index is 456. The molecule has 3 saturated carbocycles. The lowest BCUT2D eigenvalue weighted by molar-refractivity contribution is 0.433. The van der Waals surface area contributed by atoms with Crippen LogP contribution in [0.15, 0.2) is 24.3 Å². The van der Waals surface area contributed by atoms with Crippen LogP contribution in [-0.2, 0) is 0 Å². The molecule has 0 radical (unpaired) electrons. The van der Waals surface area contributed by atoms with E-state index in [1.807, 2.05) is 12.1 Å². The summed E-state index contributed by atoms with van der Waals surface area (Å²) in [6, 6.07) is 9.39. The quantitative estimate of drug-likeness (QED) is 0.866. The molecule has 0 aromatic heterocycles. The Labute approximate surface area is 114 Å². The SMILES string of the molecule is CC(NC1C2C3CCC(C3)C12)c1ccccc1Cl. The van der Waals surface area contributed by atoms with E-state index in [-0.39, 0.29) is 0 Å². The summed E-state index contributed by atoms with van der Waals surface area (Å²) in [7, 11) is 0. The Kier molecular flexibility index (Phi) is 2.50. The van der Waals surface area contributed by atoms with Gasteiger partial charge in [0.1, 0.15) is 0 Å². The number of rotatable bonds is 3. The average molecular weight is 262 g/mol. The number of fused-ring (bicyclic) bond motifs is 5. The number of hydrogen-bond donors (Lipinski definition) is 1. The summed E-state index contributed by atoms with van der Waals surface area (Å²) in [5.74, 6) is 4.06. The highest BCUT2D eigenvalue weighted by Gasteiger charge is 2.64. The van der Waals surface area contributed by atoms with Gasteiger partial charge >= 0.3 is 0 Å². The number of nitrogens with one attached hydrogen (secondary N) is 1. The van der Waals surface area contributed by atoms with E-state index in [9.17, 15) is 0 Å². The van der Waals surface area contributed by atoms with Gasteiger partial charge in [-0.05, 0) is 61.5 Å². The lowest BCUT2D eigenvalue weighted by Crippen LogP contribution is -2.26. The molecule has 3 fully saturated rings. The van der Waals surface area contributed by atoms with Crippen molar-refractivity contribution >= 4 is 11.6 Å². The smallest absolute Gasteiger partial charge is 0.0453 e. The van der Waals surface area contributed by atoms with E-state index in [2.05, 4.69) is 24.4 Å². The van der Waals surface area contributed by atoms with Crippen LogP contribution in [0.2, 0.25) is 5.02 Å². The second-order valence-corrected chi connectivity index (χ2v) is 6.83. The average Bonchev–Trinajstić information content (AvgIpc) is 2.77. The predicted octanol–water partition coefficient (Wildman–Crippen LogP) is 4.04. The fraction of sp³-hybridized carbons (Fsp3) is 0.625. The second kappa shape index (κ2) is 3.98. The fourth-order valence-corrected chi connectivity index (χ4v) is 5.05. The first kappa shape index (κ1) is 11.3. The van der Waals surface area contributed by atoms with Crippen LogP contribution in [0.5, 0.6) is 0 Å².